The number of benzene rings is 1. The van der Waals surface area contributed by atoms with E-state index in [1.807, 2.05) is 25.1 Å². The lowest BCUT2D eigenvalue weighted by atomic mass is 10.2. The summed E-state index contributed by atoms with van der Waals surface area (Å²) < 4.78 is 15.9. The molecule has 0 aliphatic carbocycles. The van der Waals surface area contributed by atoms with Gasteiger partial charge in [-0.25, -0.2) is 9.78 Å². The molecule has 0 fully saturated rings. The highest BCUT2D eigenvalue weighted by Gasteiger charge is 2.20. The molecule has 0 radical (unpaired) electrons. The summed E-state index contributed by atoms with van der Waals surface area (Å²) in [4.78, 5) is 21.3. The van der Waals surface area contributed by atoms with Crippen LogP contribution in [-0.4, -0.2) is 44.8 Å². The molecule has 0 bridgehead atoms. The van der Waals surface area contributed by atoms with Crippen LogP contribution in [0.3, 0.4) is 0 Å². The van der Waals surface area contributed by atoms with Gasteiger partial charge in [0.2, 0.25) is 0 Å². The van der Waals surface area contributed by atoms with E-state index in [1.54, 1.807) is 35.1 Å². The molecule has 2 rings (SSSR count). The third-order valence-corrected chi connectivity index (χ3v) is 5.47. The highest BCUT2D eigenvalue weighted by atomic mass is 127. The number of ether oxygens (including phenoxy) is 3. The van der Waals surface area contributed by atoms with Crippen LogP contribution in [-0.2, 0) is 11.3 Å². The zero-order valence-electron chi connectivity index (χ0n) is 18.1. The first kappa shape index (κ1) is 26.0. The summed E-state index contributed by atoms with van der Waals surface area (Å²) in [5.41, 5.74) is 1.61. The zero-order valence-corrected chi connectivity index (χ0v) is 21.2. The number of esters is 1. The minimum Gasteiger partial charge on any atom is -0.493 e. The summed E-state index contributed by atoms with van der Waals surface area (Å²) in [6.45, 7) is 6.39. The number of halogens is 1. The van der Waals surface area contributed by atoms with Gasteiger partial charge >= 0.3 is 5.97 Å². The first-order valence-corrected chi connectivity index (χ1v) is 10.1. The first-order valence-electron chi connectivity index (χ1n) is 9.26. The zero-order chi connectivity index (χ0) is 21.4. The van der Waals surface area contributed by atoms with Crippen molar-refractivity contribution in [3.05, 3.63) is 39.3 Å². The van der Waals surface area contributed by atoms with E-state index in [1.165, 1.54) is 11.3 Å². The number of hydrogen-bond acceptors (Lipinski definition) is 7. The van der Waals surface area contributed by atoms with E-state index in [0.29, 0.717) is 41.2 Å². The summed E-state index contributed by atoms with van der Waals surface area (Å²) in [6, 6.07) is 5.58. The smallest absolute Gasteiger partial charge is 0.350 e. The molecule has 0 saturated heterocycles. The number of aliphatic imine (C=N–C) groups is 1. The third kappa shape index (κ3) is 6.46. The summed E-state index contributed by atoms with van der Waals surface area (Å²) in [7, 11) is 4.92. The maximum absolute atomic E-state index is 12.0. The molecule has 10 heteroatoms. The SMILES string of the molecule is CCOC(=O)c1sc(C(C)NC(=NC)NCc2cccc(OC)c2OC)nc1C.I. The van der Waals surface area contributed by atoms with Crippen molar-refractivity contribution >= 4 is 47.2 Å². The van der Waals surface area contributed by atoms with Crippen LogP contribution >= 0.6 is 35.3 Å². The molecule has 0 amide bonds. The molecular weight excluding hydrogens is 519 g/mol. The van der Waals surface area contributed by atoms with Gasteiger partial charge in [-0.1, -0.05) is 12.1 Å². The number of para-hydroxylation sites is 1. The van der Waals surface area contributed by atoms with Crippen molar-refractivity contribution in [3.8, 4) is 11.5 Å². The molecule has 2 N–H and O–H groups in total. The fourth-order valence-corrected chi connectivity index (χ4v) is 3.68. The molecule has 0 aliphatic heterocycles. The van der Waals surface area contributed by atoms with Crippen molar-refractivity contribution in [1.29, 1.82) is 0 Å². The molecule has 1 heterocycles. The number of nitrogens with one attached hydrogen (secondary N) is 2. The van der Waals surface area contributed by atoms with Crippen LogP contribution < -0.4 is 20.1 Å². The van der Waals surface area contributed by atoms with Gasteiger partial charge in [-0.15, -0.1) is 35.3 Å². The Bertz CT molecular complexity index is 872. The van der Waals surface area contributed by atoms with Crippen LogP contribution in [0.5, 0.6) is 11.5 Å². The van der Waals surface area contributed by atoms with Crippen LogP contribution in [0.25, 0.3) is 0 Å². The minimum atomic E-state index is -0.339. The van der Waals surface area contributed by atoms with Crippen LogP contribution in [0.1, 0.15) is 45.8 Å². The van der Waals surface area contributed by atoms with Crippen LogP contribution in [0.4, 0.5) is 0 Å². The van der Waals surface area contributed by atoms with Crippen LogP contribution in [0, 0.1) is 6.92 Å². The Hall–Kier alpha value is -2.08. The van der Waals surface area contributed by atoms with Gasteiger partial charge in [-0.2, -0.15) is 0 Å². The summed E-state index contributed by atoms with van der Waals surface area (Å²) in [5.74, 6) is 1.62. The lowest BCUT2D eigenvalue weighted by Crippen LogP contribution is -2.38. The molecular formula is C20H29IN4O4S. The number of nitrogens with zero attached hydrogens (tertiary/aromatic N) is 2. The van der Waals surface area contributed by atoms with E-state index in [0.717, 1.165) is 10.6 Å². The van der Waals surface area contributed by atoms with E-state index in [9.17, 15) is 4.79 Å². The van der Waals surface area contributed by atoms with Gasteiger partial charge in [-0.05, 0) is 26.8 Å². The largest absolute Gasteiger partial charge is 0.493 e. The lowest BCUT2D eigenvalue weighted by molar-refractivity contribution is 0.0531. The summed E-state index contributed by atoms with van der Waals surface area (Å²) >= 11 is 1.33. The highest BCUT2D eigenvalue weighted by Crippen LogP contribution is 2.30. The average molecular weight is 548 g/mol. The molecule has 0 aliphatic rings. The number of thiazole rings is 1. The van der Waals surface area contributed by atoms with Gasteiger partial charge in [0.15, 0.2) is 17.5 Å². The second kappa shape index (κ2) is 12.6. The van der Waals surface area contributed by atoms with Gasteiger partial charge in [0, 0.05) is 19.2 Å². The predicted octanol–water partition coefficient (Wildman–Crippen LogP) is 3.69. The van der Waals surface area contributed by atoms with Crippen molar-refractivity contribution in [2.75, 3.05) is 27.9 Å². The fourth-order valence-electron chi connectivity index (χ4n) is 2.72. The Kier molecular flexibility index (Phi) is 10.9. The molecule has 2 aromatic rings. The summed E-state index contributed by atoms with van der Waals surface area (Å²) in [6.07, 6.45) is 0. The van der Waals surface area contributed by atoms with E-state index < -0.39 is 0 Å². The van der Waals surface area contributed by atoms with Crippen molar-refractivity contribution in [2.24, 2.45) is 4.99 Å². The molecule has 0 saturated carbocycles. The topological polar surface area (TPSA) is 94.1 Å². The number of aryl methyl sites for hydroxylation is 1. The Balaban J connectivity index is 0.00000450. The summed E-state index contributed by atoms with van der Waals surface area (Å²) in [5, 5.41) is 7.34. The molecule has 30 heavy (non-hydrogen) atoms. The van der Waals surface area contributed by atoms with E-state index >= 15 is 0 Å². The Morgan fingerprint density at radius 3 is 2.63 bits per heavy atom. The standard InChI is InChI=1S/C20H28N4O4S.HI/c1-7-28-19(25)17-12(2)23-18(29-17)13(3)24-20(21-4)22-11-14-9-8-10-15(26-5)16(14)27-6;/h8-10,13H,7,11H2,1-6H3,(H2,21,22,24);1H. The highest BCUT2D eigenvalue weighted by molar-refractivity contribution is 14.0. The Morgan fingerprint density at radius 1 is 1.30 bits per heavy atom. The van der Waals surface area contributed by atoms with Gasteiger partial charge < -0.3 is 24.8 Å². The van der Waals surface area contributed by atoms with E-state index in [-0.39, 0.29) is 36.0 Å². The van der Waals surface area contributed by atoms with Crippen LogP contribution in [0.15, 0.2) is 23.2 Å². The van der Waals surface area contributed by atoms with E-state index in [2.05, 4.69) is 20.6 Å². The molecule has 0 spiro atoms. The van der Waals surface area contributed by atoms with Gasteiger partial charge in [0.25, 0.3) is 0 Å². The Morgan fingerprint density at radius 2 is 2.03 bits per heavy atom. The number of carbonyl (C=O) groups excluding carboxylic acids is 1. The number of carbonyl (C=O) groups is 1. The van der Waals surface area contributed by atoms with Gasteiger partial charge in [0.1, 0.15) is 9.88 Å². The number of rotatable bonds is 8. The second-order valence-electron chi connectivity index (χ2n) is 6.13. The molecule has 1 unspecified atom stereocenters. The molecule has 8 nitrogen and oxygen atoms in total. The van der Waals surface area contributed by atoms with Crippen molar-refractivity contribution < 1.29 is 19.0 Å². The van der Waals surface area contributed by atoms with Crippen molar-refractivity contribution in [1.82, 2.24) is 15.6 Å². The maximum atomic E-state index is 12.0. The van der Waals surface area contributed by atoms with Gasteiger partial charge in [0.05, 0.1) is 32.6 Å². The molecule has 1 aromatic heterocycles. The monoisotopic (exact) mass is 548 g/mol. The van der Waals surface area contributed by atoms with Gasteiger partial charge in [-0.3, -0.25) is 4.99 Å². The predicted molar refractivity (Wildman–Crippen MR) is 130 cm³/mol. The van der Waals surface area contributed by atoms with Crippen molar-refractivity contribution in [2.45, 2.75) is 33.4 Å². The third-order valence-electron chi connectivity index (χ3n) is 4.15. The van der Waals surface area contributed by atoms with E-state index in [4.69, 9.17) is 14.2 Å². The average Bonchev–Trinajstić information content (AvgIpc) is 3.12. The molecule has 166 valence electrons. The number of methoxy groups -OCH3 is 2. The number of hydrogen-bond donors (Lipinski definition) is 2. The Labute approximate surface area is 198 Å². The van der Waals surface area contributed by atoms with Crippen LogP contribution in [0.2, 0.25) is 0 Å². The number of aromatic nitrogens is 1. The molecule has 1 atom stereocenters. The maximum Gasteiger partial charge on any atom is 0.350 e. The minimum absolute atomic E-state index is 0. The first-order chi connectivity index (χ1) is 13.9. The fraction of sp³-hybridized carbons (Fsp3) is 0.450. The molecule has 1 aromatic carbocycles. The lowest BCUT2D eigenvalue weighted by Gasteiger charge is -2.18. The van der Waals surface area contributed by atoms with Crippen molar-refractivity contribution in [3.63, 3.8) is 0 Å². The second-order valence-corrected chi connectivity index (χ2v) is 7.16. The normalized spacial score (nSPS) is 11.9. The number of guanidine groups is 1. The quantitative estimate of drug-likeness (QED) is 0.225.